The number of hydrogen-bond donors (Lipinski definition) is 0. The molecular formula is C8H18Zn. The van der Waals surface area contributed by atoms with E-state index in [4.69, 9.17) is 0 Å². The second-order valence-electron chi connectivity index (χ2n) is 1.71. The molecule has 0 aromatic carbocycles. The van der Waals surface area contributed by atoms with E-state index in [1.807, 2.05) is 0 Å². The third-order valence-corrected chi connectivity index (χ3v) is 0.707. The van der Waals surface area contributed by atoms with Crippen LogP contribution in [-0.2, 0) is 19.5 Å². The molecule has 0 spiro atoms. The van der Waals surface area contributed by atoms with Crippen LogP contribution in [0.4, 0.5) is 0 Å². The van der Waals surface area contributed by atoms with E-state index in [0.29, 0.717) is 0 Å². The predicted octanol–water partition coefficient (Wildman–Crippen LogP) is 3.24. The molecular weight excluding hydrogens is 161 g/mol. The molecule has 0 aromatic heterocycles. The summed E-state index contributed by atoms with van der Waals surface area (Å²) >= 11 is 0. The van der Waals surface area contributed by atoms with Crippen molar-refractivity contribution in [2.75, 3.05) is 0 Å². The molecule has 0 aromatic rings. The summed E-state index contributed by atoms with van der Waals surface area (Å²) in [4.78, 5) is 0. The van der Waals surface area contributed by atoms with Crippen molar-refractivity contribution in [3.63, 3.8) is 0 Å². The standard InChI is InChI=1S/2C4H9.Zn/c2*1-3-4-2;/h2*1,3-4H2,2H3;/q2*-1;+2. The van der Waals surface area contributed by atoms with Crippen molar-refractivity contribution in [3.8, 4) is 0 Å². The van der Waals surface area contributed by atoms with Gasteiger partial charge in [-0.2, -0.15) is 12.8 Å². The molecule has 0 saturated heterocycles. The number of rotatable bonds is 2. The topological polar surface area (TPSA) is 0 Å². The zero-order chi connectivity index (χ0) is 6.83. The van der Waals surface area contributed by atoms with Crippen LogP contribution in [0.25, 0.3) is 0 Å². The Bertz CT molecular complexity index is 12.5. The average Bonchev–Trinajstić information content (AvgIpc) is 1.88. The van der Waals surface area contributed by atoms with Gasteiger partial charge in [-0.1, -0.05) is 26.7 Å². The van der Waals surface area contributed by atoms with Gasteiger partial charge in [0.05, 0.1) is 0 Å². The van der Waals surface area contributed by atoms with Gasteiger partial charge in [-0.15, -0.1) is 0 Å². The Kier molecular flexibility index (Phi) is 42.5. The molecule has 0 bridgehead atoms. The first kappa shape index (κ1) is 16.3. The molecule has 0 unspecified atom stereocenters. The van der Waals surface area contributed by atoms with Crippen LogP contribution >= 0.6 is 0 Å². The molecule has 0 saturated carbocycles. The van der Waals surface area contributed by atoms with Gasteiger partial charge in [-0.05, 0) is 0 Å². The third kappa shape index (κ3) is 55.0. The van der Waals surface area contributed by atoms with Gasteiger partial charge in [0.15, 0.2) is 0 Å². The zero-order valence-electron chi connectivity index (χ0n) is 6.95. The van der Waals surface area contributed by atoms with Crippen LogP contribution in [0.15, 0.2) is 0 Å². The first-order chi connectivity index (χ1) is 3.83. The maximum atomic E-state index is 3.60. The predicted molar refractivity (Wildman–Crippen MR) is 40.5 cm³/mol. The Morgan fingerprint density at radius 1 is 0.889 bits per heavy atom. The molecule has 0 nitrogen and oxygen atoms in total. The van der Waals surface area contributed by atoms with Crippen LogP contribution in [0.1, 0.15) is 39.5 Å². The van der Waals surface area contributed by atoms with Crippen LogP contribution in [0.3, 0.4) is 0 Å². The Morgan fingerprint density at radius 3 is 1.00 bits per heavy atom. The van der Waals surface area contributed by atoms with Crippen molar-refractivity contribution in [2.24, 2.45) is 0 Å². The Balaban J connectivity index is -0.0000000720. The third-order valence-electron chi connectivity index (χ3n) is 0.707. The second-order valence-corrected chi connectivity index (χ2v) is 1.71. The molecule has 9 heavy (non-hydrogen) atoms. The van der Waals surface area contributed by atoms with Crippen LogP contribution in [-0.4, -0.2) is 0 Å². The molecule has 0 aliphatic carbocycles. The van der Waals surface area contributed by atoms with Crippen molar-refractivity contribution < 1.29 is 19.5 Å². The van der Waals surface area contributed by atoms with Gasteiger partial charge in [0.2, 0.25) is 0 Å². The molecule has 1 heteroatoms. The van der Waals surface area contributed by atoms with E-state index in [0.717, 1.165) is 12.8 Å². The monoisotopic (exact) mass is 178 g/mol. The van der Waals surface area contributed by atoms with Crippen molar-refractivity contribution in [2.45, 2.75) is 39.5 Å². The Labute approximate surface area is 73.2 Å². The van der Waals surface area contributed by atoms with Gasteiger partial charge in [-0.3, -0.25) is 0 Å². The summed E-state index contributed by atoms with van der Waals surface area (Å²) in [5.41, 5.74) is 0. The van der Waals surface area contributed by atoms with E-state index < -0.39 is 0 Å². The summed E-state index contributed by atoms with van der Waals surface area (Å²) in [6, 6.07) is 0. The molecule has 52 valence electrons. The van der Waals surface area contributed by atoms with E-state index >= 15 is 0 Å². The minimum atomic E-state index is 0. The molecule has 0 rings (SSSR count). The van der Waals surface area contributed by atoms with Crippen LogP contribution in [0.5, 0.6) is 0 Å². The first-order valence-corrected chi connectivity index (χ1v) is 3.41. The maximum Gasteiger partial charge on any atom is 2.00 e. The molecule has 0 amide bonds. The fourth-order valence-electron chi connectivity index (χ4n) is 0. The second kappa shape index (κ2) is 23.4. The molecule has 0 atom stereocenters. The first-order valence-electron chi connectivity index (χ1n) is 3.41. The van der Waals surface area contributed by atoms with Crippen LogP contribution in [0.2, 0.25) is 0 Å². The summed E-state index contributed by atoms with van der Waals surface area (Å²) < 4.78 is 0. The van der Waals surface area contributed by atoms with E-state index in [1.165, 1.54) is 12.8 Å². The van der Waals surface area contributed by atoms with Crippen molar-refractivity contribution >= 4 is 0 Å². The molecule has 0 aliphatic heterocycles. The van der Waals surface area contributed by atoms with E-state index in [9.17, 15) is 0 Å². The average molecular weight is 180 g/mol. The van der Waals surface area contributed by atoms with Gasteiger partial charge < -0.3 is 13.8 Å². The van der Waals surface area contributed by atoms with Crippen molar-refractivity contribution in [1.29, 1.82) is 0 Å². The van der Waals surface area contributed by atoms with Gasteiger partial charge in [0.25, 0.3) is 0 Å². The summed E-state index contributed by atoms with van der Waals surface area (Å²) in [6.07, 6.45) is 4.56. The SMILES string of the molecule is [CH2-]CCC.[CH2-]CCC.[Zn+2]. The number of hydrogen-bond acceptors (Lipinski definition) is 0. The summed E-state index contributed by atoms with van der Waals surface area (Å²) in [7, 11) is 0. The van der Waals surface area contributed by atoms with Crippen molar-refractivity contribution in [3.05, 3.63) is 13.8 Å². The van der Waals surface area contributed by atoms with E-state index in [1.54, 1.807) is 0 Å². The fourth-order valence-corrected chi connectivity index (χ4v) is 0. The molecule has 0 N–H and O–H groups in total. The van der Waals surface area contributed by atoms with Crippen LogP contribution in [0, 0.1) is 13.8 Å². The Morgan fingerprint density at radius 2 is 1.00 bits per heavy atom. The van der Waals surface area contributed by atoms with E-state index in [-0.39, 0.29) is 19.5 Å². The van der Waals surface area contributed by atoms with Crippen LogP contribution < -0.4 is 0 Å². The van der Waals surface area contributed by atoms with Gasteiger partial charge in [-0.25, -0.2) is 0 Å². The molecule has 0 aliphatic rings. The zero-order valence-corrected chi connectivity index (χ0v) is 9.92. The minimum absolute atomic E-state index is 0. The van der Waals surface area contributed by atoms with E-state index in [2.05, 4.69) is 27.7 Å². The largest absolute Gasteiger partial charge is 2.00 e. The Hall–Kier alpha value is 0.623. The fraction of sp³-hybridized carbons (Fsp3) is 0.750. The van der Waals surface area contributed by atoms with Gasteiger partial charge in [0, 0.05) is 0 Å². The van der Waals surface area contributed by atoms with Crippen molar-refractivity contribution in [1.82, 2.24) is 0 Å². The summed E-state index contributed by atoms with van der Waals surface area (Å²) in [6.45, 7) is 11.4. The summed E-state index contributed by atoms with van der Waals surface area (Å²) in [5, 5.41) is 0. The minimum Gasteiger partial charge on any atom is -0.343 e. The van der Waals surface area contributed by atoms with Gasteiger partial charge in [0.1, 0.15) is 0 Å². The molecule has 0 fully saturated rings. The normalized spacial score (nSPS) is 6.67. The smallest absolute Gasteiger partial charge is 0.343 e. The quantitative estimate of drug-likeness (QED) is 0.451. The molecule has 0 radical (unpaired) electrons. The summed E-state index contributed by atoms with van der Waals surface area (Å²) in [5.74, 6) is 0. The molecule has 0 heterocycles. The maximum absolute atomic E-state index is 3.60. The van der Waals surface area contributed by atoms with Gasteiger partial charge >= 0.3 is 19.5 Å². The number of unbranched alkanes of at least 4 members (excludes halogenated alkanes) is 2.